The molecule has 0 saturated carbocycles. The van der Waals surface area contributed by atoms with E-state index >= 15 is 0 Å². The van der Waals surface area contributed by atoms with Gasteiger partial charge in [-0.3, -0.25) is 0 Å². The molecule has 16 heavy (non-hydrogen) atoms. The summed E-state index contributed by atoms with van der Waals surface area (Å²) in [4.78, 5) is 8.47. The number of hydrogen-bond acceptors (Lipinski definition) is 4. The Bertz CT molecular complexity index is 528. The molecule has 0 bridgehead atoms. The van der Waals surface area contributed by atoms with E-state index in [9.17, 15) is 0 Å². The summed E-state index contributed by atoms with van der Waals surface area (Å²) in [5.74, 6) is 0.342. The first-order valence-electron chi connectivity index (χ1n) is 4.95. The van der Waals surface area contributed by atoms with Gasteiger partial charge in [0.1, 0.15) is 0 Å². The molecule has 2 aromatic rings. The number of nitrogens with two attached hydrogens (primary N) is 1. The van der Waals surface area contributed by atoms with Gasteiger partial charge in [0.05, 0.1) is 17.1 Å². The zero-order valence-electron chi connectivity index (χ0n) is 9.07. The first kappa shape index (κ1) is 11.0. The normalized spacial score (nSPS) is 11.0. The average molecular weight is 238 g/mol. The van der Waals surface area contributed by atoms with Crippen molar-refractivity contribution in [1.82, 2.24) is 9.97 Å². The van der Waals surface area contributed by atoms with E-state index < -0.39 is 0 Å². The van der Waals surface area contributed by atoms with Gasteiger partial charge in [-0.25, -0.2) is 9.97 Å². The van der Waals surface area contributed by atoms with Gasteiger partial charge in [-0.1, -0.05) is 11.6 Å². The van der Waals surface area contributed by atoms with E-state index in [-0.39, 0.29) is 11.3 Å². The Balaban J connectivity index is 2.55. The van der Waals surface area contributed by atoms with Crippen LogP contribution < -0.4 is 10.5 Å². The first-order valence-corrected chi connectivity index (χ1v) is 5.33. The molecule has 5 heteroatoms. The Labute approximate surface area is 98.4 Å². The highest BCUT2D eigenvalue weighted by Crippen LogP contribution is 2.24. The lowest BCUT2D eigenvalue weighted by Crippen LogP contribution is -2.08. The summed E-state index contributed by atoms with van der Waals surface area (Å²) in [6, 6.07) is 5.28. The average Bonchev–Trinajstić information content (AvgIpc) is 2.19. The SMILES string of the molecule is CC(C)Oc1nc2cc(N)ccc2nc1Cl. The van der Waals surface area contributed by atoms with Crippen LogP contribution in [0, 0.1) is 0 Å². The van der Waals surface area contributed by atoms with Gasteiger partial charge in [-0.05, 0) is 32.0 Å². The predicted molar refractivity (Wildman–Crippen MR) is 64.7 cm³/mol. The monoisotopic (exact) mass is 237 g/mol. The fourth-order valence-corrected chi connectivity index (χ4v) is 1.51. The molecule has 0 saturated heterocycles. The molecule has 0 fully saturated rings. The van der Waals surface area contributed by atoms with E-state index in [1.165, 1.54) is 0 Å². The van der Waals surface area contributed by atoms with Crippen molar-refractivity contribution < 1.29 is 4.74 Å². The third-order valence-electron chi connectivity index (χ3n) is 1.96. The fourth-order valence-electron chi connectivity index (χ4n) is 1.33. The van der Waals surface area contributed by atoms with Crippen molar-refractivity contribution in [3.05, 3.63) is 23.4 Å². The number of rotatable bonds is 2. The molecule has 0 aliphatic carbocycles. The molecule has 0 atom stereocenters. The lowest BCUT2D eigenvalue weighted by molar-refractivity contribution is 0.233. The number of fused-ring (bicyclic) bond motifs is 1. The molecule has 4 nitrogen and oxygen atoms in total. The summed E-state index contributed by atoms with van der Waals surface area (Å²) in [6.45, 7) is 3.81. The maximum atomic E-state index is 5.96. The second-order valence-electron chi connectivity index (χ2n) is 3.73. The largest absolute Gasteiger partial charge is 0.473 e. The topological polar surface area (TPSA) is 61.0 Å². The molecule has 1 heterocycles. The van der Waals surface area contributed by atoms with Gasteiger partial charge in [0.15, 0.2) is 5.15 Å². The van der Waals surface area contributed by atoms with Crippen LogP contribution >= 0.6 is 11.6 Å². The lowest BCUT2D eigenvalue weighted by Gasteiger charge is -2.10. The van der Waals surface area contributed by atoms with Crippen molar-refractivity contribution >= 4 is 28.3 Å². The van der Waals surface area contributed by atoms with Crippen molar-refractivity contribution in [1.29, 1.82) is 0 Å². The van der Waals surface area contributed by atoms with Crippen LogP contribution in [-0.2, 0) is 0 Å². The first-order chi connectivity index (χ1) is 7.56. The minimum Gasteiger partial charge on any atom is -0.473 e. The van der Waals surface area contributed by atoms with Crippen LogP contribution in [0.25, 0.3) is 11.0 Å². The predicted octanol–water partition coefficient (Wildman–Crippen LogP) is 2.65. The molecular weight excluding hydrogens is 226 g/mol. The van der Waals surface area contributed by atoms with Crippen molar-refractivity contribution in [3.63, 3.8) is 0 Å². The molecule has 0 unspecified atom stereocenters. The Morgan fingerprint density at radius 1 is 1.25 bits per heavy atom. The van der Waals surface area contributed by atoms with Gasteiger partial charge in [0, 0.05) is 5.69 Å². The number of nitrogen functional groups attached to an aromatic ring is 1. The van der Waals surface area contributed by atoms with Gasteiger partial charge in [-0.15, -0.1) is 0 Å². The van der Waals surface area contributed by atoms with Crippen molar-refractivity contribution in [3.8, 4) is 5.88 Å². The second-order valence-corrected chi connectivity index (χ2v) is 4.09. The molecule has 0 amide bonds. The van der Waals surface area contributed by atoms with Gasteiger partial charge in [0.25, 0.3) is 5.88 Å². The number of anilines is 1. The minimum atomic E-state index is 0.00492. The maximum Gasteiger partial charge on any atom is 0.253 e. The number of nitrogens with zero attached hydrogens (tertiary/aromatic N) is 2. The standard InChI is InChI=1S/C11H12ClN3O/c1-6(2)16-11-10(12)14-8-4-3-7(13)5-9(8)15-11/h3-6H,13H2,1-2H3. The molecule has 0 radical (unpaired) electrons. The van der Waals surface area contributed by atoms with Crippen LogP contribution in [0.1, 0.15) is 13.8 Å². The molecule has 2 rings (SSSR count). The zero-order chi connectivity index (χ0) is 11.7. The summed E-state index contributed by atoms with van der Waals surface area (Å²) in [5.41, 5.74) is 7.69. The Kier molecular flexibility index (Phi) is 2.83. The van der Waals surface area contributed by atoms with Crippen LogP contribution in [0.4, 0.5) is 5.69 Å². The van der Waals surface area contributed by atoms with Gasteiger partial charge in [0.2, 0.25) is 0 Å². The lowest BCUT2D eigenvalue weighted by atomic mass is 10.3. The summed E-state index contributed by atoms with van der Waals surface area (Å²) in [7, 11) is 0. The molecule has 0 spiro atoms. The molecule has 2 N–H and O–H groups in total. The summed E-state index contributed by atoms with van der Waals surface area (Å²) in [5, 5.41) is 0.269. The van der Waals surface area contributed by atoms with Gasteiger partial charge < -0.3 is 10.5 Å². The smallest absolute Gasteiger partial charge is 0.253 e. The quantitative estimate of drug-likeness (QED) is 0.816. The van der Waals surface area contributed by atoms with E-state index in [0.717, 1.165) is 0 Å². The van der Waals surface area contributed by atoms with Gasteiger partial charge >= 0.3 is 0 Å². The van der Waals surface area contributed by atoms with Crippen LogP contribution in [0.2, 0.25) is 5.15 Å². The minimum absolute atomic E-state index is 0.00492. The Hall–Kier alpha value is -1.55. The molecule has 1 aromatic heterocycles. The third-order valence-corrected chi connectivity index (χ3v) is 2.21. The molecule has 0 aliphatic heterocycles. The molecule has 0 aliphatic rings. The van der Waals surface area contributed by atoms with Crippen LogP contribution in [0.5, 0.6) is 5.88 Å². The molecule has 84 valence electrons. The third kappa shape index (κ3) is 2.17. The Morgan fingerprint density at radius 3 is 2.69 bits per heavy atom. The van der Waals surface area contributed by atoms with E-state index in [0.29, 0.717) is 22.6 Å². The number of hydrogen-bond donors (Lipinski definition) is 1. The van der Waals surface area contributed by atoms with E-state index in [4.69, 9.17) is 22.1 Å². The second kappa shape index (κ2) is 4.14. The van der Waals surface area contributed by atoms with Gasteiger partial charge in [-0.2, -0.15) is 0 Å². The maximum absolute atomic E-state index is 5.96. The number of ether oxygens (including phenoxy) is 1. The molecule has 1 aromatic carbocycles. The number of halogens is 1. The highest BCUT2D eigenvalue weighted by atomic mass is 35.5. The van der Waals surface area contributed by atoms with E-state index in [1.54, 1.807) is 18.2 Å². The van der Waals surface area contributed by atoms with Crippen molar-refractivity contribution in [2.45, 2.75) is 20.0 Å². The fraction of sp³-hybridized carbons (Fsp3) is 0.273. The highest BCUT2D eigenvalue weighted by Gasteiger charge is 2.09. The number of aromatic nitrogens is 2. The highest BCUT2D eigenvalue weighted by molar-refractivity contribution is 6.31. The number of benzene rings is 1. The summed E-state index contributed by atoms with van der Waals surface area (Å²) in [6.07, 6.45) is 0.00492. The Morgan fingerprint density at radius 2 is 2.00 bits per heavy atom. The summed E-state index contributed by atoms with van der Waals surface area (Å²) < 4.78 is 5.45. The van der Waals surface area contributed by atoms with Crippen LogP contribution in [0.15, 0.2) is 18.2 Å². The van der Waals surface area contributed by atoms with Crippen molar-refractivity contribution in [2.75, 3.05) is 5.73 Å². The van der Waals surface area contributed by atoms with Crippen LogP contribution in [0.3, 0.4) is 0 Å². The summed E-state index contributed by atoms with van der Waals surface area (Å²) >= 11 is 5.96. The van der Waals surface area contributed by atoms with Crippen molar-refractivity contribution in [2.24, 2.45) is 0 Å². The zero-order valence-corrected chi connectivity index (χ0v) is 9.82. The van der Waals surface area contributed by atoms with E-state index in [2.05, 4.69) is 9.97 Å². The molecular formula is C11H12ClN3O. The van der Waals surface area contributed by atoms with E-state index in [1.807, 2.05) is 13.8 Å². The van der Waals surface area contributed by atoms with Crippen LogP contribution in [-0.4, -0.2) is 16.1 Å².